The molecule has 32 heavy (non-hydrogen) atoms. The molecular weight excluding hydrogens is 431 g/mol. The summed E-state index contributed by atoms with van der Waals surface area (Å²) in [7, 11) is -3.88. The monoisotopic (exact) mass is 458 g/mol. The number of nitrogens with one attached hydrogen (secondary N) is 1. The summed E-state index contributed by atoms with van der Waals surface area (Å²) < 4.78 is 12.8. The van der Waals surface area contributed by atoms with Crippen LogP contribution in [0.2, 0.25) is 0 Å². The van der Waals surface area contributed by atoms with Crippen LogP contribution in [0.1, 0.15) is 41.2 Å². The molecule has 3 N–H and O–H groups in total. The van der Waals surface area contributed by atoms with E-state index in [1.165, 1.54) is 4.90 Å². The average molecular weight is 458 g/mol. The van der Waals surface area contributed by atoms with Crippen molar-refractivity contribution in [2.45, 2.75) is 31.3 Å². The van der Waals surface area contributed by atoms with Gasteiger partial charge in [-0.05, 0) is 37.0 Å². The number of rotatable bonds is 9. The topological polar surface area (TPSA) is 124 Å². The van der Waals surface area contributed by atoms with Crippen LogP contribution < -0.4 is 5.32 Å². The van der Waals surface area contributed by atoms with Crippen molar-refractivity contribution in [2.24, 2.45) is 0 Å². The fourth-order valence-electron chi connectivity index (χ4n) is 3.87. The molecule has 0 spiro atoms. The molecule has 2 aromatic rings. The third-order valence-electron chi connectivity index (χ3n) is 5.55. The van der Waals surface area contributed by atoms with E-state index in [2.05, 4.69) is 5.32 Å². The van der Waals surface area contributed by atoms with E-state index in [1.54, 1.807) is 30.3 Å². The maximum Gasteiger partial charge on any atom is 0.326 e. The van der Waals surface area contributed by atoms with E-state index in [0.717, 1.165) is 5.56 Å². The van der Waals surface area contributed by atoms with Gasteiger partial charge in [-0.1, -0.05) is 48.5 Å². The first kappa shape index (κ1) is 23.7. The lowest BCUT2D eigenvalue weighted by Gasteiger charge is -2.24. The van der Waals surface area contributed by atoms with Crippen LogP contribution in [0.25, 0.3) is 0 Å². The number of amides is 2. The normalized spacial score (nSPS) is 18.5. The number of hydrogen-bond donors (Lipinski definition) is 3. The van der Waals surface area contributed by atoms with Crippen molar-refractivity contribution in [1.82, 2.24) is 10.2 Å². The maximum absolute atomic E-state index is 12.8. The van der Waals surface area contributed by atoms with Crippen LogP contribution in [0.3, 0.4) is 0 Å². The number of aliphatic carboxylic acids is 1. The van der Waals surface area contributed by atoms with E-state index < -0.39 is 37.5 Å². The van der Waals surface area contributed by atoms with Gasteiger partial charge >= 0.3 is 5.97 Å². The number of nitrogens with zero attached hydrogens (tertiary/aromatic N) is 1. The van der Waals surface area contributed by atoms with Gasteiger partial charge < -0.3 is 20.2 Å². The van der Waals surface area contributed by atoms with Gasteiger partial charge in [0.15, 0.2) is 0 Å². The molecule has 8 nitrogen and oxygen atoms in total. The minimum Gasteiger partial charge on any atom is -0.480 e. The van der Waals surface area contributed by atoms with Gasteiger partial charge in [-0.15, -0.1) is 0 Å². The highest BCUT2D eigenvalue weighted by Crippen LogP contribution is 2.43. The molecule has 3 atom stereocenters. The van der Waals surface area contributed by atoms with Crippen molar-refractivity contribution >= 4 is 25.2 Å². The van der Waals surface area contributed by atoms with Crippen LogP contribution in [-0.4, -0.2) is 57.6 Å². The van der Waals surface area contributed by atoms with Gasteiger partial charge in [0.1, 0.15) is 12.2 Å². The molecule has 0 saturated carbocycles. The van der Waals surface area contributed by atoms with Crippen molar-refractivity contribution in [3.8, 4) is 0 Å². The zero-order valence-electron chi connectivity index (χ0n) is 17.6. The molecular formula is C23H27N2O6P. The minimum atomic E-state index is -3.88. The Morgan fingerprint density at radius 3 is 2.31 bits per heavy atom. The largest absolute Gasteiger partial charge is 0.480 e. The highest BCUT2D eigenvalue weighted by atomic mass is 31.2. The fraction of sp³-hybridized carbons (Fsp3) is 0.348. The zero-order chi connectivity index (χ0) is 23.1. The van der Waals surface area contributed by atoms with Gasteiger partial charge in [-0.2, -0.15) is 0 Å². The summed E-state index contributed by atoms with van der Waals surface area (Å²) in [6.07, 6.45) is 0.272. The molecule has 170 valence electrons. The molecule has 0 radical (unpaired) electrons. The predicted octanol–water partition coefficient (Wildman–Crippen LogP) is 2.89. The molecule has 2 aromatic carbocycles. The van der Waals surface area contributed by atoms with Gasteiger partial charge in [0, 0.05) is 18.3 Å². The molecule has 1 aliphatic heterocycles. The molecule has 0 aromatic heterocycles. The first-order chi connectivity index (χ1) is 15.3. The van der Waals surface area contributed by atoms with Crippen molar-refractivity contribution < 1.29 is 28.9 Å². The summed E-state index contributed by atoms with van der Waals surface area (Å²) >= 11 is 0. The van der Waals surface area contributed by atoms with Crippen molar-refractivity contribution in [3.63, 3.8) is 0 Å². The minimum absolute atomic E-state index is 0.159. The maximum atomic E-state index is 12.8. The van der Waals surface area contributed by atoms with E-state index in [4.69, 9.17) is 0 Å². The van der Waals surface area contributed by atoms with Gasteiger partial charge in [-0.3, -0.25) is 14.2 Å². The van der Waals surface area contributed by atoms with Crippen LogP contribution in [0.15, 0.2) is 60.7 Å². The van der Waals surface area contributed by atoms with E-state index in [9.17, 15) is 28.9 Å². The molecule has 3 rings (SSSR count). The van der Waals surface area contributed by atoms with Crippen molar-refractivity contribution in [2.75, 3.05) is 18.9 Å². The van der Waals surface area contributed by atoms with Gasteiger partial charge in [0.05, 0.1) is 6.04 Å². The highest BCUT2D eigenvalue weighted by molar-refractivity contribution is 7.58. The Labute approximate surface area is 186 Å². The number of carboxylic acids is 1. The van der Waals surface area contributed by atoms with Crippen LogP contribution >= 0.6 is 7.37 Å². The molecule has 0 bridgehead atoms. The fourth-order valence-corrected chi connectivity index (χ4v) is 5.30. The molecule has 1 fully saturated rings. The molecule has 1 saturated heterocycles. The molecule has 2 amide bonds. The molecule has 9 heteroatoms. The molecule has 2 unspecified atom stereocenters. The summed E-state index contributed by atoms with van der Waals surface area (Å²) in [5.74, 6) is -2.02. The van der Waals surface area contributed by atoms with Crippen LogP contribution in [0, 0.1) is 0 Å². The van der Waals surface area contributed by atoms with E-state index in [0.29, 0.717) is 18.4 Å². The third kappa shape index (κ3) is 6.28. The lowest BCUT2D eigenvalue weighted by Crippen LogP contribution is -2.41. The number of hydrogen-bond acceptors (Lipinski definition) is 4. The van der Waals surface area contributed by atoms with Crippen LogP contribution in [0.4, 0.5) is 0 Å². The Balaban J connectivity index is 1.66. The second kappa shape index (κ2) is 10.6. The SMILES string of the molecule is O=C(NC(CCP(=O)(O)CC(=O)N1CCC[C@H]1C(=O)O)c1ccccc1)c1ccccc1. The summed E-state index contributed by atoms with van der Waals surface area (Å²) in [5, 5.41) is 12.2. The van der Waals surface area contributed by atoms with E-state index in [-0.39, 0.29) is 25.0 Å². The van der Waals surface area contributed by atoms with E-state index >= 15 is 0 Å². The number of benzene rings is 2. The third-order valence-corrected chi connectivity index (χ3v) is 7.27. The lowest BCUT2D eigenvalue weighted by atomic mass is 10.0. The van der Waals surface area contributed by atoms with Gasteiger partial charge in [-0.25, -0.2) is 4.79 Å². The van der Waals surface area contributed by atoms with Gasteiger partial charge in [0.25, 0.3) is 5.91 Å². The standard InChI is InChI=1S/C23H27N2O6P/c26-21(25-14-7-12-20(25)23(28)29)16-32(30,31)15-13-19(17-8-3-1-4-9-17)24-22(27)18-10-5-2-6-11-18/h1-6,8-11,19-20H,7,12-16H2,(H,24,27)(H,28,29)(H,30,31)/t19?,20-/m0/s1. The molecule has 1 aliphatic rings. The Morgan fingerprint density at radius 2 is 1.69 bits per heavy atom. The summed E-state index contributed by atoms with van der Waals surface area (Å²) in [4.78, 5) is 48.1. The Morgan fingerprint density at radius 1 is 1.06 bits per heavy atom. The smallest absolute Gasteiger partial charge is 0.326 e. The predicted molar refractivity (Wildman–Crippen MR) is 120 cm³/mol. The zero-order valence-corrected chi connectivity index (χ0v) is 18.5. The van der Waals surface area contributed by atoms with Crippen molar-refractivity contribution in [3.05, 3.63) is 71.8 Å². The number of carboxylic acid groups (broad SMARTS) is 1. The second-order valence-corrected chi connectivity index (χ2v) is 10.4. The van der Waals surface area contributed by atoms with E-state index in [1.807, 2.05) is 30.3 Å². The molecule has 1 heterocycles. The van der Waals surface area contributed by atoms with Crippen LogP contribution in [0.5, 0.6) is 0 Å². The summed E-state index contributed by atoms with van der Waals surface area (Å²) in [6.45, 7) is 0.273. The summed E-state index contributed by atoms with van der Waals surface area (Å²) in [6, 6.07) is 16.3. The first-order valence-electron chi connectivity index (χ1n) is 10.5. The number of likely N-dealkylation sites (tertiary alicyclic amines) is 1. The first-order valence-corrected chi connectivity index (χ1v) is 12.5. The lowest BCUT2D eigenvalue weighted by molar-refractivity contribution is -0.147. The average Bonchev–Trinajstić information content (AvgIpc) is 3.28. The Bertz CT molecular complexity index is 998. The quantitative estimate of drug-likeness (QED) is 0.497. The van der Waals surface area contributed by atoms with Crippen molar-refractivity contribution in [1.29, 1.82) is 0 Å². The Kier molecular flexibility index (Phi) is 7.83. The molecule has 0 aliphatic carbocycles. The van der Waals surface area contributed by atoms with Gasteiger partial charge in [0.2, 0.25) is 13.3 Å². The van der Waals surface area contributed by atoms with Crippen LogP contribution in [-0.2, 0) is 14.2 Å². The Hall–Kier alpha value is -2.96. The number of carbonyl (C=O) groups excluding carboxylic acids is 2. The second-order valence-electron chi connectivity index (χ2n) is 7.90. The number of carbonyl (C=O) groups is 3. The highest BCUT2D eigenvalue weighted by Gasteiger charge is 2.36. The summed E-state index contributed by atoms with van der Waals surface area (Å²) in [5.41, 5.74) is 1.26.